The van der Waals surface area contributed by atoms with Crippen molar-refractivity contribution in [1.29, 1.82) is 0 Å². The fourth-order valence-electron chi connectivity index (χ4n) is 2.61. The summed E-state index contributed by atoms with van der Waals surface area (Å²) in [7, 11) is 0. The van der Waals surface area contributed by atoms with E-state index in [1.165, 1.54) is 12.1 Å². The molecule has 2 rings (SSSR count). The van der Waals surface area contributed by atoms with Gasteiger partial charge in [0.1, 0.15) is 11.4 Å². The van der Waals surface area contributed by atoms with Gasteiger partial charge >= 0.3 is 5.97 Å². The average molecular weight is 298 g/mol. The topological polar surface area (TPSA) is 75.3 Å². The number of anilines is 2. The molecule has 1 saturated carbocycles. The lowest BCUT2D eigenvalue weighted by molar-refractivity contribution is 0.0698. The highest BCUT2D eigenvalue weighted by atomic mass is 32.2. The molecule has 0 bridgehead atoms. The van der Waals surface area contributed by atoms with Gasteiger partial charge in [0.05, 0.1) is 11.4 Å². The Morgan fingerprint density at radius 3 is 2.60 bits per heavy atom. The summed E-state index contributed by atoms with van der Waals surface area (Å²) in [5.41, 5.74) is 5.47. The number of benzene rings is 1. The average Bonchev–Trinajstić information content (AvgIpc) is 2.43. The quantitative estimate of drug-likeness (QED) is 0.744. The highest BCUT2D eigenvalue weighted by molar-refractivity contribution is 7.99. The summed E-state index contributed by atoms with van der Waals surface area (Å²) >= 11 is 1.88. The van der Waals surface area contributed by atoms with Crippen LogP contribution in [0, 0.1) is 5.82 Å². The van der Waals surface area contributed by atoms with E-state index in [9.17, 15) is 14.3 Å². The van der Waals surface area contributed by atoms with Gasteiger partial charge in [-0.25, -0.2) is 9.18 Å². The number of hydrogen-bond donors (Lipinski definition) is 3. The van der Waals surface area contributed by atoms with Gasteiger partial charge in [-0.05, 0) is 44.1 Å². The molecule has 0 spiro atoms. The van der Waals surface area contributed by atoms with Crippen molar-refractivity contribution in [2.24, 2.45) is 0 Å². The molecule has 1 aliphatic carbocycles. The third-order valence-corrected chi connectivity index (χ3v) is 4.91. The summed E-state index contributed by atoms with van der Waals surface area (Å²) in [6.45, 7) is 0. The summed E-state index contributed by atoms with van der Waals surface area (Å²) in [4.78, 5) is 11.2. The number of nitrogens with two attached hydrogens (primary N) is 1. The third kappa shape index (κ3) is 3.17. The summed E-state index contributed by atoms with van der Waals surface area (Å²) in [6, 6.07) is 2.88. The number of thioether (sulfide) groups is 1. The van der Waals surface area contributed by atoms with Gasteiger partial charge in [0.15, 0.2) is 0 Å². The number of carboxylic acids is 1. The molecule has 1 aromatic rings. The molecule has 0 heterocycles. The van der Waals surface area contributed by atoms with Crippen LogP contribution >= 0.6 is 11.8 Å². The van der Waals surface area contributed by atoms with Crippen LogP contribution in [-0.2, 0) is 0 Å². The molecule has 20 heavy (non-hydrogen) atoms. The lowest BCUT2D eigenvalue weighted by atomic mass is 9.94. The fourth-order valence-corrected chi connectivity index (χ4v) is 3.35. The van der Waals surface area contributed by atoms with E-state index in [0.29, 0.717) is 10.9 Å². The Kier molecular flexibility index (Phi) is 4.75. The lowest BCUT2D eigenvalue weighted by Crippen LogP contribution is -2.28. The SMILES string of the molecule is CSC1CCC(Nc2ccc(F)c(N)c2C(=O)O)CC1. The van der Waals surface area contributed by atoms with Crippen LogP contribution in [0.4, 0.5) is 15.8 Å². The van der Waals surface area contributed by atoms with E-state index in [2.05, 4.69) is 11.6 Å². The van der Waals surface area contributed by atoms with Gasteiger partial charge in [-0.1, -0.05) is 0 Å². The normalized spacial score (nSPS) is 22.5. The molecule has 1 aliphatic rings. The van der Waals surface area contributed by atoms with Crippen molar-refractivity contribution in [2.45, 2.75) is 37.0 Å². The Morgan fingerprint density at radius 2 is 2.05 bits per heavy atom. The first kappa shape index (κ1) is 15.0. The van der Waals surface area contributed by atoms with Crippen molar-refractivity contribution >= 4 is 29.1 Å². The molecular formula is C14H19FN2O2S. The zero-order valence-electron chi connectivity index (χ0n) is 11.4. The van der Waals surface area contributed by atoms with Crippen molar-refractivity contribution in [3.8, 4) is 0 Å². The number of nitrogen functional groups attached to an aromatic ring is 1. The standard InChI is InChI=1S/C14H19FN2O2S/c1-20-9-4-2-8(3-5-9)17-11-7-6-10(15)13(16)12(11)14(18)19/h6-9,17H,2-5,16H2,1H3,(H,18,19). The van der Waals surface area contributed by atoms with E-state index in [-0.39, 0.29) is 17.3 Å². The minimum absolute atomic E-state index is 0.169. The molecule has 1 fully saturated rings. The van der Waals surface area contributed by atoms with E-state index >= 15 is 0 Å². The Balaban J connectivity index is 2.14. The van der Waals surface area contributed by atoms with Crippen LogP contribution in [0.25, 0.3) is 0 Å². The van der Waals surface area contributed by atoms with E-state index in [1.807, 2.05) is 11.8 Å². The maximum Gasteiger partial charge on any atom is 0.340 e. The van der Waals surface area contributed by atoms with E-state index in [1.54, 1.807) is 0 Å². The zero-order valence-corrected chi connectivity index (χ0v) is 12.2. The predicted octanol–water partition coefficient (Wildman–Crippen LogP) is 3.19. The van der Waals surface area contributed by atoms with Gasteiger partial charge < -0.3 is 16.2 Å². The van der Waals surface area contributed by atoms with Crippen molar-refractivity contribution in [3.63, 3.8) is 0 Å². The van der Waals surface area contributed by atoms with Gasteiger partial charge in [-0.2, -0.15) is 11.8 Å². The van der Waals surface area contributed by atoms with Crippen molar-refractivity contribution in [1.82, 2.24) is 0 Å². The second kappa shape index (κ2) is 6.35. The maximum absolute atomic E-state index is 13.4. The number of carbonyl (C=O) groups is 1. The molecule has 6 heteroatoms. The second-order valence-corrected chi connectivity index (χ2v) is 6.18. The lowest BCUT2D eigenvalue weighted by Gasteiger charge is -2.29. The predicted molar refractivity (Wildman–Crippen MR) is 81.0 cm³/mol. The molecule has 0 aromatic heterocycles. The first-order valence-corrected chi connectivity index (χ1v) is 7.92. The van der Waals surface area contributed by atoms with Crippen LogP contribution in [0.5, 0.6) is 0 Å². The molecule has 0 atom stereocenters. The number of hydrogen-bond acceptors (Lipinski definition) is 4. The molecule has 4 N–H and O–H groups in total. The highest BCUT2D eigenvalue weighted by Gasteiger charge is 2.23. The Morgan fingerprint density at radius 1 is 1.40 bits per heavy atom. The summed E-state index contributed by atoms with van der Waals surface area (Å²) < 4.78 is 13.4. The number of nitrogens with one attached hydrogen (secondary N) is 1. The largest absolute Gasteiger partial charge is 0.478 e. The monoisotopic (exact) mass is 298 g/mol. The summed E-state index contributed by atoms with van der Waals surface area (Å²) in [5.74, 6) is -1.90. The molecule has 0 saturated heterocycles. The van der Waals surface area contributed by atoms with Gasteiger partial charge in [0.25, 0.3) is 0 Å². The molecule has 0 aliphatic heterocycles. The van der Waals surface area contributed by atoms with Gasteiger partial charge in [0.2, 0.25) is 0 Å². The van der Waals surface area contributed by atoms with Gasteiger partial charge in [-0.15, -0.1) is 0 Å². The van der Waals surface area contributed by atoms with Crippen molar-refractivity contribution in [2.75, 3.05) is 17.3 Å². The number of aromatic carboxylic acids is 1. The van der Waals surface area contributed by atoms with Crippen molar-refractivity contribution in [3.05, 3.63) is 23.5 Å². The van der Waals surface area contributed by atoms with Gasteiger partial charge in [-0.3, -0.25) is 0 Å². The van der Waals surface area contributed by atoms with Crippen LogP contribution in [0.15, 0.2) is 12.1 Å². The zero-order chi connectivity index (χ0) is 14.7. The molecule has 110 valence electrons. The van der Waals surface area contributed by atoms with Crippen LogP contribution in [0.3, 0.4) is 0 Å². The Bertz CT molecular complexity index is 502. The summed E-state index contributed by atoms with van der Waals surface area (Å²) in [6.07, 6.45) is 6.31. The second-order valence-electron chi connectivity index (χ2n) is 5.04. The van der Waals surface area contributed by atoms with Crippen LogP contribution in [-0.4, -0.2) is 28.6 Å². The maximum atomic E-state index is 13.4. The van der Waals surface area contributed by atoms with E-state index in [0.717, 1.165) is 25.7 Å². The minimum Gasteiger partial charge on any atom is -0.478 e. The minimum atomic E-state index is -1.21. The molecular weight excluding hydrogens is 279 g/mol. The molecule has 0 amide bonds. The third-order valence-electron chi connectivity index (χ3n) is 3.77. The molecule has 0 radical (unpaired) electrons. The highest BCUT2D eigenvalue weighted by Crippen LogP contribution is 2.31. The van der Waals surface area contributed by atoms with E-state index < -0.39 is 11.8 Å². The van der Waals surface area contributed by atoms with Crippen LogP contribution in [0.1, 0.15) is 36.0 Å². The first-order chi connectivity index (χ1) is 9.52. The summed E-state index contributed by atoms with van der Waals surface area (Å²) in [5, 5.41) is 13.1. The van der Waals surface area contributed by atoms with Crippen LogP contribution in [0.2, 0.25) is 0 Å². The van der Waals surface area contributed by atoms with E-state index in [4.69, 9.17) is 5.73 Å². The number of halogens is 1. The Hall–Kier alpha value is -1.43. The number of rotatable bonds is 4. The smallest absolute Gasteiger partial charge is 0.340 e. The molecule has 0 unspecified atom stereocenters. The first-order valence-electron chi connectivity index (χ1n) is 6.63. The van der Waals surface area contributed by atoms with Gasteiger partial charge in [0, 0.05) is 11.3 Å². The van der Waals surface area contributed by atoms with Crippen molar-refractivity contribution < 1.29 is 14.3 Å². The molecule has 4 nitrogen and oxygen atoms in total. The van der Waals surface area contributed by atoms with Crippen LogP contribution < -0.4 is 11.1 Å². The Labute approximate surface area is 121 Å². The molecule has 1 aromatic carbocycles. The number of carboxylic acid groups (broad SMARTS) is 1. The fraction of sp³-hybridized carbons (Fsp3) is 0.500.